The molecular weight excluding hydrogens is 825 g/mol. The maximum Gasteiger partial charge on any atom is 0.104 e. The molecule has 3 heteroatoms. The van der Waals surface area contributed by atoms with Gasteiger partial charge in [-0.15, -0.1) is 0 Å². The van der Waals surface area contributed by atoms with E-state index < -0.39 is 6.10 Å². The molecule has 3 unspecified atom stereocenters. The van der Waals surface area contributed by atoms with E-state index in [9.17, 15) is 5.11 Å². The minimum atomic E-state index is -0.978. The lowest BCUT2D eigenvalue weighted by atomic mass is 9.86. The number of pyridine rings is 2. The van der Waals surface area contributed by atoms with Crippen molar-refractivity contribution in [3.63, 3.8) is 0 Å². The van der Waals surface area contributed by atoms with Gasteiger partial charge in [0.1, 0.15) is 6.10 Å². The highest BCUT2D eigenvalue weighted by Crippen LogP contribution is 2.39. The summed E-state index contributed by atoms with van der Waals surface area (Å²) in [5.74, 6) is 0.683. The monoisotopic (exact) mass is 878 g/mol. The second-order valence-corrected chi connectivity index (χ2v) is 18.2. The van der Waals surface area contributed by atoms with E-state index in [0.717, 1.165) is 102 Å². The van der Waals surface area contributed by atoms with Gasteiger partial charge in [0, 0.05) is 47.0 Å². The Hall–Kier alpha value is -7.98. The molecular formula is C65H54N2O. The number of allylic oxidation sites excluding steroid dienone is 12. The molecule has 2 aliphatic rings. The van der Waals surface area contributed by atoms with Crippen molar-refractivity contribution < 1.29 is 5.11 Å². The molecule has 0 saturated carbocycles. The Bertz CT molecular complexity index is 3250. The third-order valence-electron chi connectivity index (χ3n) is 12.9. The van der Waals surface area contributed by atoms with Gasteiger partial charge in [0.15, 0.2) is 0 Å². The number of aromatic nitrogens is 2. The first-order valence-corrected chi connectivity index (χ1v) is 23.7. The van der Waals surface area contributed by atoms with E-state index >= 15 is 0 Å². The lowest BCUT2D eigenvalue weighted by Gasteiger charge is -2.20. The van der Waals surface area contributed by atoms with Gasteiger partial charge in [-0.3, -0.25) is 9.97 Å². The van der Waals surface area contributed by atoms with Gasteiger partial charge in [0.05, 0.1) is 0 Å². The highest BCUT2D eigenvalue weighted by atomic mass is 16.3. The third-order valence-corrected chi connectivity index (χ3v) is 12.9. The average Bonchev–Trinajstić information content (AvgIpc) is 3.39. The number of aliphatic hydroxyl groups is 1. The predicted molar refractivity (Wildman–Crippen MR) is 285 cm³/mol. The average molecular weight is 879 g/mol. The minimum absolute atomic E-state index is 0.303. The molecule has 0 radical (unpaired) electrons. The van der Waals surface area contributed by atoms with Crippen LogP contribution in [0, 0.1) is 11.8 Å². The van der Waals surface area contributed by atoms with Gasteiger partial charge in [-0.05, 0) is 163 Å². The Kier molecular flexibility index (Phi) is 13.1. The second kappa shape index (κ2) is 20.3. The van der Waals surface area contributed by atoms with Gasteiger partial charge in [-0.1, -0.05) is 172 Å². The zero-order valence-corrected chi connectivity index (χ0v) is 38.6. The number of aliphatic hydroxyl groups excluding tert-OH is 1. The summed E-state index contributed by atoms with van der Waals surface area (Å²) in [4.78, 5) is 9.53. The smallest absolute Gasteiger partial charge is 0.104 e. The molecule has 0 saturated heterocycles. The zero-order valence-electron chi connectivity index (χ0n) is 38.6. The van der Waals surface area contributed by atoms with Crippen LogP contribution >= 0.6 is 0 Å². The van der Waals surface area contributed by atoms with Crippen molar-refractivity contribution >= 4 is 22.3 Å². The lowest BCUT2D eigenvalue weighted by molar-refractivity contribution is 0.220. The van der Waals surface area contributed by atoms with Gasteiger partial charge in [0.2, 0.25) is 0 Å². The maximum absolute atomic E-state index is 13.1. The Morgan fingerprint density at radius 3 is 1.13 bits per heavy atom. The normalized spacial score (nSPS) is 16.5. The van der Waals surface area contributed by atoms with Crippen LogP contribution in [-0.2, 0) is 0 Å². The molecule has 0 amide bonds. The van der Waals surface area contributed by atoms with Gasteiger partial charge in [-0.25, -0.2) is 0 Å². The molecule has 0 fully saturated rings. The standard InChI is InChI=1S/C65H54N2O/c1-45-18-16-28-52(32-53(29-45)48-21-9-4-10-22-48)55-33-57(63-39-61(41-66-43-63)49-23-11-5-12-24-49)37-59(35-55)65(68)60-36-56(54-30-46(2)17-15-27-51(31-54)47-19-7-3-8-20-47)34-58(38-60)64-40-62(42-67-44-64)50-25-13-6-14-26-50/h3-16,19-46,65,68H,17-18H2,1-2H3. The van der Waals surface area contributed by atoms with Crippen LogP contribution in [0.2, 0.25) is 0 Å². The number of nitrogens with zero attached hydrogens (tertiary/aromatic N) is 2. The van der Waals surface area contributed by atoms with E-state index in [1.807, 2.05) is 36.9 Å². The molecule has 3 nitrogen and oxygen atoms in total. The van der Waals surface area contributed by atoms with Gasteiger partial charge < -0.3 is 5.11 Å². The molecule has 68 heavy (non-hydrogen) atoms. The Morgan fingerprint density at radius 1 is 0.368 bits per heavy atom. The quantitative estimate of drug-likeness (QED) is 0.149. The molecule has 6 aromatic carbocycles. The molecule has 0 aliphatic heterocycles. The summed E-state index contributed by atoms with van der Waals surface area (Å²) in [5, 5.41) is 13.1. The van der Waals surface area contributed by atoms with E-state index in [1.165, 1.54) is 11.1 Å². The molecule has 2 heterocycles. The highest BCUT2D eigenvalue weighted by Gasteiger charge is 2.20. The molecule has 2 aliphatic carbocycles. The topological polar surface area (TPSA) is 46.0 Å². The van der Waals surface area contributed by atoms with Crippen molar-refractivity contribution in [1.82, 2.24) is 9.97 Å². The fraction of sp³-hybridized carbons (Fsp3) is 0.108. The van der Waals surface area contributed by atoms with Crippen molar-refractivity contribution in [3.8, 4) is 44.5 Å². The van der Waals surface area contributed by atoms with E-state index in [1.54, 1.807) is 0 Å². The van der Waals surface area contributed by atoms with Crippen LogP contribution < -0.4 is 0 Å². The summed E-state index contributed by atoms with van der Waals surface area (Å²) in [6.45, 7) is 4.54. The lowest BCUT2D eigenvalue weighted by Crippen LogP contribution is -2.04. The summed E-state index contributed by atoms with van der Waals surface area (Å²) in [5.41, 5.74) is 18.7. The van der Waals surface area contributed by atoms with Crippen LogP contribution in [0.15, 0.2) is 243 Å². The molecule has 10 rings (SSSR count). The van der Waals surface area contributed by atoms with E-state index in [0.29, 0.717) is 11.8 Å². The zero-order chi connectivity index (χ0) is 46.2. The van der Waals surface area contributed by atoms with E-state index in [-0.39, 0.29) is 0 Å². The second-order valence-electron chi connectivity index (χ2n) is 18.2. The Balaban J connectivity index is 1.16. The summed E-state index contributed by atoms with van der Waals surface area (Å²) < 4.78 is 0. The van der Waals surface area contributed by atoms with Crippen molar-refractivity contribution in [2.75, 3.05) is 0 Å². The number of rotatable bonds is 10. The molecule has 0 bridgehead atoms. The van der Waals surface area contributed by atoms with E-state index in [4.69, 9.17) is 9.97 Å². The van der Waals surface area contributed by atoms with Crippen molar-refractivity contribution in [2.24, 2.45) is 11.8 Å². The third kappa shape index (κ3) is 10.2. The van der Waals surface area contributed by atoms with Crippen LogP contribution in [0.1, 0.15) is 66.2 Å². The molecule has 8 aromatic rings. The summed E-state index contributed by atoms with van der Waals surface area (Å²) >= 11 is 0. The fourth-order valence-corrected chi connectivity index (χ4v) is 9.33. The van der Waals surface area contributed by atoms with Gasteiger partial charge >= 0.3 is 0 Å². The number of benzene rings is 6. The summed E-state index contributed by atoms with van der Waals surface area (Å²) in [6.07, 6.45) is 27.0. The fourth-order valence-electron chi connectivity index (χ4n) is 9.33. The molecule has 1 N–H and O–H groups in total. The number of hydrogen-bond acceptors (Lipinski definition) is 3. The number of hydrogen-bond donors (Lipinski definition) is 1. The molecule has 330 valence electrons. The van der Waals surface area contributed by atoms with Gasteiger partial charge in [0.25, 0.3) is 0 Å². The van der Waals surface area contributed by atoms with Crippen molar-refractivity contribution in [1.29, 1.82) is 0 Å². The van der Waals surface area contributed by atoms with Gasteiger partial charge in [-0.2, -0.15) is 0 Å². The van der Waals surface area contributed by atoms with Crippen LogP contribution in [-0.4, -0.2) is 15.1 Å². The summed E-state index contributed by atoms with van der Waals surface area (Å²) in [7, 11) is 0. The van der Waals surface area contributed by atoms with Crippen molar-refractivity contribution in [2.45, 2.75) is 32.8 Å². The predicted octanol–water partition coefficient (Wildman–Crippen LogP) is 16.4. The highest BCUT2D eigenvalue weighted by molar-refractivity contribution is 5.91. The van der Waals surface area contributed by atoms with Crippen LogP contribution in [0.3, 0.4) is 0 Å². The van der Waals surface area contributed by atoms with Crippen molar-refractivity contribution in [3.05, 3.63) is 277 Å². The first kappa shape index (κ1) is 43.9. The first-order valence-electron chi connectivity index (χ1n) is 23.7. The van der Waals surface area contributed by atoms with Crippen LogP contribution in [0.25, 0.3) is 66.8 Å². The molecule has 2 aromatic heterocycles. The summed E-state index contributed by atoms with van der Waals surface area (Å²) in [6, 6.07) is 59.5. The Labute approximate surface area is 401 Å². The largest absolute Gasteiger partial charge is 0.384 e. The van der Waals surface area contributed by atoms with E-state index in [2.05, 4.69) is 220 Å². The van der Waals surface area contributed by atoms with Crippen LogP contribution in [0.4, 0.5) is 0 Å². The SMILES string of the molecule is CC1C=C(c2ccccc2)C=C(c2cc(-c3cncc(-c4ccccc4)c3)cc(C(O)c3cc(C4=CC(C)CC=CC(c5ccccc5)=C4)cc(-c4cncc(-c5ccccc5)c4)c3)c2)C=CC1. The molecule has 3 atom stereocenters. The maximum atomic E-state index is 13.1. The van der Waals surface area contributed by atoms with Crippen LogP contribution in [0.5, 0.6) is 0 Å². The minimum Gasteiger partial charge on any atom is -0.384 e. The molecule has 0 spiro atoms. The Morgan fingerprint density at radius 2 is 0.691 bits per heavy atom. The first-order chi connectivity index (χ1) is 33.4.